The predicted octanol–water partition coefficient (Wildman–Crippen LogP) is 1.81. The third-order valence-electron chi connectivity index (χ3n) is 7.34. The average molecular weight is 565 g/mol. The van der Waals surface area contributed by atoms with Crippen molar-refractivity contribution in [2.75, 3.05) is 32.8 Å². The highest BCUT2D eigenvalue weighted by atomic mass is 79.9. The van der Waals surface area contributed by atoms with E-state index in [1.54, 1.807) is 0 Å². The van der Waals surface area contributed by atoms with E-state index in [0.29, 0.717) is 10.4 Å². The van der Waals surface area contributed by atoms with Crippen molar-refractivity contribution in [3.05, 3.63) is 75.1 Å². The number of carbonyl (C=O) groups excluding carboxylic acids is 1. The minimum absolute atomic E-state index is 0. The Morgan fingerprint density at radius 3 is 2.38 bits per heavy atom. The van der Waals surface area contributed by atoms with E-state index in [2.05, 4.69) is 0 Å². The molecule has 3 saturated heterocycles. The number of fused-ring (bicyclic) bond motifs is 3. The lowest BCUT2D eigenvalue weighted by Crippen LogP contribution is -3.00. The number of piperidine rings is 3. The summed E-state index contributed by atoms with van der Waals surface area (Å²) in [5, 5.41) is 17.2. The van der Waals surface area contributed by atoms with E-state index in [4.69, 9.17) is 9.47 Å². The molecule has 3 aliphatic rings. The lowest BCUT2D eigenvalue weighted by molar-refractivity contribution is -0.944. The maximum Gasteiger partial charge on any atom is 0.349 e. The number of benzene rings is 1. The lowest BCUT2D eigenvalue weighted by atomic mass is 9.80. The number of ether oxygens (including phenoxy) is 2. The van der Waals surface area contributed by atoms with Crippen LogP contribution >= 0.6 is 22.7 Å². The molecule has 1 unspecified atom stereocenters. The maximum atomic E-state index is 13.5. The van der Waals surface area contributed by atoms with Gasteiger partial charge in [-0.3, -0.25) is 0 Å². The number of para-hydroxylation sites is 1. The first kappa shape index (κ1) is 25.4. The number of thiophene rings is 2. The molecule has 5 nitrogen and oxygen atoms in total. The summed E-state index contributed by atoms with van der Waals surface area (Å²) >= 11 is 2.85. The molecule has 0 saturated carbocycles. The largest absolute Gasteiger partial charge is 1.00 e. The Morgan fingerprint density at radius 2 is 1.76 bits per heavy atom. The van der Waals surface area contributed by atoms with E-state index in [9.17, 15) is 9.90 Å². The molecule has 2 bridgehead atoms. The van der Waals surface area contributed by atoms with Gasteiger partial charge in [0.2, 0.25) is 5.60 Å². The molecule has 0 radical (unpaired) electrons. The van der Waals surface area contributed by atoms with Gasteiger partial charge in [-0.15, -0.1) is 11.3 Å². The SMILES string of the molecule is O=C(OC12CC[N+](CCCOc3ccccc3)(CC1)CC2)C(O)(c1ccsc1)c1cccs1.[Br-]. The van der Waals surface area contributed by atoms with Crippen LogP contribution in [0.3, 0.4) is 0 Å². The standard InChI is InChI=1S/C26H30NO4S2.BrH/c28-24(26(29,21-9-19-32-20-21)23-8-4-18-33-23)31-25-10-14-27(15-11-25,16-12-25)13-5-17-30-22-6-2-1-3-7-22;/h1-4,6-9,18-20,29H,5,10-17H2;1H/q+1;/p-1. The van der Waals surface area contributed by atoms with Crippen LogP contribution in [0.15, 0.2) is 64.7 Å². The summed E-state index contributed by atoms with van der Waals surface area (Å²) in [6.07, 6.45) is 3.56. The van der Waals surface area contributed by atoms with Crippen molar-refractivity contribution in [1.82, 2.24) is 0 Å². The third-order valence-corrected chi connectivity index (χ3v) is 9.00. The number of aliphatic hydroxyl groups is 1. The smallest absolute Gasteiger partial charge is 0.349 e. The fraction of sp³-hybridized carbons (Fsp3) is 0.423. The Labute approximate surface area is 219 Å². The second-order valence-electron chi connectivity index (χ2n) is 9.27. The molecule has 0 aliphatic carbocycles. The second kappa shape index (κ2) is 10.5. The molecule has 6 rings (SSSR count). The summed E-state index contributed by atoms with van der Waals surface area (Å²) in [6, 6.07) is 15.4. The molecule has 3 aliphatic heterocycles. The maximum absolute atomic E-state index is 13.5. The van der Waals surface area contributed by atoms with Gasteiger partial charge in [-0.25, -0.2) is 4.79 Å². The Hall–Kier alpha value is -1.71. The highest BCUT2D eigenvalue weighted by Gasteiger charge is 2.54. The number of hydrogen-bond donors (Lipinski definition) is 1. The molecule has 1 N–H and O–H groups in total. The van der Waals surface area contributed by atoms with Gasteiger partial charge in [0.15, 0.2) is 0 Å². The summed E-state index contributed by atoms with van der Waals surface area (Å²) in [7, 11) is 0. The Bertz CT molecular complexity index is 997. The van der Waals surface area contributed by atoms with Crippen molar-refractivity contribution >= 4 is 28.6 Å². The average Bonchev–Trinajstić information content (AvgIpc) is 3.59. The summed E-state index contributed by atoms with van der Waals surface area (Å²) < 4.78 is 13.2. The normalized spacial score (nSPS) is 25.2. The molecule has 8 heteroatoms. The minimum atomic E-state index is -1.74. The van der Waals surface area contributed by atoms with Gasteiger partial charge in [0.05, 0.1) is 37.7 Å². The number of quaternary nitrogens is 1. The van der Waals surface area contributed by atoms with Crippen LogP contribution in [0.1, 0.15) is 36.1 Å². The van der Waals surface area contributed by atoms with E-state index in [1.165, 1.54) is 22.7 Å². The molecular formula is C26H30BrNO4S2. The Balaban J connectivity index is 0.00000274. The van der Waals surface area contributed by atoms with Gasteiger partial charge in [-0.1, -0.05) is 24.3 Å². The van der Waals surface area contributed by atoms with Gasteiger partial charge in [0.1, 0.15) is 11.4 Å². The summed E-state index contributed by atoms with van der Waals surface area (Å²) in [4.78, 5) is 14.1. The van der Waals surface area contributed by atoms with Crippen LogP contribution in [-0.2, 0) is 15.1 Å². The van der Waals surface area contributed by atoms with Gasteiger partial charge in [-0.2, -0.15) is 11.3 Å². The first-order valence-electron chi connectivity index (χ1n) is 11.6. The monoisotopic (exact) mass is 563 g/mol. The molecule has 1 atom stereocenters. The van der Waals surface area contributed by atoms with Crippen molar-refractivity contribution in [1.29, 1.82) is 0 Å². The van der Waals surface area contributed by atoms with Crippen molar-refractivity contribution in [2.24, 2.45) is 0 Å². The van der Waals surface area contributed by atoms with E-state index in [1.807, 2.05) is 64.7 Å². The molecule has 0 spiro atoms. The van der Waals surface area contributed by atoms with Crippen LogP contribution in [0.2, 0.25) is 0 Å². The number of esters is 1. The molecule has 5 heterocycles. The van der Waals surface area contributed by atoms with Crippen molar-refractivity contribution < 1.29 is 40.8 Å². The highest BCUT2D eigenvalue weighted by Crippen LogP contribution is 2.43. The molecule has 182 valence electrons. The van der Waals surface area contributed by atoms with E-state index < -0.39 is 17.2 Å². The molecule has 2 aromatic heterocycles. The predicted molar refractivity (Wildman–Crippen MR) is 131 cm³/mol. The van der Waals surface area contributed by atoms with Gasteiger partial charge >= 0.3 is 5.97 Å². The van der Waals surface area contributed by atoms with Crippen LogP contribution in [0.5, 0.6) is 5.75 Å². The lowest BCUT2D eigenvalue weighted by Gasteiger charge is -2.54. The molecule has 0 amide bonds. The van der Waals surface area contributed by atoms with Crippen LogP contribution in [-0.4, -0.2) is 53.9 Å². The molecule has 1 aromatic carbocycles. The zero-order chi connectivity index (χ0) is 22.8. The highest BCUT2D eigenvalue weighted by molar-refractivity contribution is 7.10. The number of rotatable bonds is 9. The summed E-state index contributed by atoms with van der Waals surface area (Å²) in [5.41, 5.74) is -1.61. The Kier molecular flexibility index (Phi) is 7.84. The molecule has 3 fully saturated rings. The Morgan fingerprint density at radius 1 is 1.03 bits per heavy atom. The fourth-order valence-corrected chi connectivity index (χ4v) is 6.75. The number of nitrogens with zero attached hydrogens (tertiary/aromatic N) is 1. The third kappa shape index (κ3) is 4.97. The number of halogens is 1. The zero-order valence-electron chi connectivity index (χ0n) is 19.0. The van der Waals surface area contributed by atoms with Gasteiger partial charge in [0, 0.05) is 31.2 Å². The first-order chi connectivity index (χ1) is 16.0. The first-order valence-corrected chi connectivity index (χ1v) is 13.4. The van der Waals surface area contributed by atoms with Gasteiger partial charge in [0.25, 0.3) is 0 Å². The van der Waals surface area contributed by atoms with E-state index in [-0.39, 0.29) is 17.0 Å². The van der Waals surface area contributed by atoms with Crippen LogP contribution in [0, 0.1) is 0 Å². The molecule has 3 aromatic rings. The van der Waals surface area contributed by atoms with Crippen molar-refractivity contribution in [2.45, 2.75) is 36.9 Å². The molecular weight excluding hydrogens is 534 g/mol. The fourth-order valence-electron chi connectivity index (χ4n) is 5.21. The number of carbonyl (C=O) groups is 1. The zero-order valence-corrected chi connectivity index (χ0v) is 22.2. The van der Waals surface area contributed by atoms with Crippen LogP contribution in [0.25, 0.3) is 0 Å². The topological polar surface area (TPSA) is 55.8 Å². The quantitative estimate of drug-likeness (QED) is 0.245. The van der Waals surface area contributed by atoms with Crippen molar-refractivity contribution in [3.8, 4) is 5.75 Å². The number of hydrogen-bond acceptors (Lipinski definition) is 6. The second-order valence-corrected chi connectivity index (χ2v) is 11.0. The van der Waals surface area contributed by atoms with Gasteiger partial charge < -0.3 is 36.0 Å². The minimum Gasteiger partial charge on any atom is -1.00 e. The van der Waals surface area contributed by atoms with Gasteiger partial charge in [-0.05, 0) is 40.4 Å². The van der Waals surface area contributed by atoms with E-state index >= 15 is 0 Å². The van der Waals surface area contributed by atoms with E-state index in [0.717, 1.165) is 68.7 Å². The van der Waals surface area contributed by atoms with Crippen LogP contribution in [0.4, 0.5) is 0 Å². The summed E-state index contributed by atoms with van der Waals surface area (Å²) in [5.74, 6) is 0.381. The van der Waals surface area contributed by atoms with Crippen molar-refractivity contribution in [3.63, 3.8) is 0 Å². The summed E-state index contributed by atoms with van der Waals surface area (Å²) in [6.45, 7) is 4.83. The molecule has 34 heavy (non-hydrogen) atoms. The van der Waals surface area contributed by atoms with Crippen LogP contribution < -0.4 is 21.7 Å².